The average molecular weight is 281 g/mol. The lowest BCUT2D eigenvalue weighted by Crippen LogP contribution is -2.39. The van der Waals surface area contributed by atoms with Crippen molar-refractivity contribution in [1.82, 2.24) is 9.80 Å². The minimum Gasteiger partial charge on any atom is -0.396 e. The number of halogens is 1. The molecule has 112 valence electrons. The van der Waals surface area contributed by atoms with Gasteiger partial charge >= 0.3 is 0 Å². The van der Waals surface area contributed by atoms with E-state index >= 15 is 0 Å². The minimum absolute atomic E-state index is 0.00737. The number of carbonyl (C=O) groups is 1. The van der Waals surface area contributed by atoms with E-state index in [-0.39, 0.29) is 11.6 Å². The summed E-state index contributed by atoms with van der Waals surface area (Å²) < 4.78 is 13.2. The Morgan fingerprint density at radius 3 is 2.45 bits per heavy atom. The van der Waals surface area contributed by atoms with E-state index in [2.05, 4.69) is 13.8 Å². The van der Waals surface area contributed by atoms with Crippen LogP contribution in [0.2, 0.25) is 0 Å². The van der Waals surface area contributed by atoms with Crippen molar-refractivity contribution in [2.45, 2.75) is 13.8 Å². The van der Waals surface area contributed by atoms with Crippen molar-refractivity contribution in [1.29, 1.82) is 0 Å². The first-order valence-electron chi connectivity index (χ1n) is 6.80. The monoisotopic (exact) mass is 281 g/mol. The van der Waals surface area contributed by atoms with Crippen LogP contribution in [0.4, 0.5) is 10.1 Å². The molecule has 2 N–H and O–H groups in total. The zero-order valence-electron chi connectivity index (χ0n) is 12.7. The molecule has 1 rings (SSSR count). The smallest absolute Gasteiger partial charge is 0.253 e. The third-order valence-corrected chi connectivity index (χ3v) is 2.93. The van der Waals surface area contributed by atoms with E-state index < -0.39 is 5.82 Å². The molecule has 0 bridgehead atoms. The molecular weight excluding hydrogens is 257 g/mol. The van der Waals surface area contributed by atoms with Crippen LogP contribution in [0.3, 0.4) is 0 Å². The second-order valence-corrected chi connectivity index (χ2v) is 5.68. The van der Waals surface area contributed by atoms with Crippen molar-refractivity contribution in [3.63, 3.8) is 0 Å². The molecule has 1 aromatic rings. The Morgan fingerprint density at radius 2 is 1.95 bits per heavy atom. The van der Waals surface area contributed by atoms with Crippen LogP contribution >= 0.6 is 0 Å². The van der Waals surface area contributed by atoms with Gasteiger partial charge in [0.05, 0.1) is 5.69 Å². The first-order valence-corrected chi connectivity index (χ1v) is 6.80. The third-order valence-electron chi connectivity index (χ3n) is 2.93. The summed E-state index contributed by atoms with van der Waals surface area (Å²) in [4.78, 5) is 16.3. The fourth-order valence-corrected chi connectivity index (χ4v) is 1.90. The van der Waals surface area contributed by atoms with Crippen LogP contribution in [0.15, 0.2) is 18.2 Å². The summed E-state index contributed by atoms with van der Waals surface area (Å²) in [6.45, 7) is 6.23. The standard InChI is InChI=1S/C15H24FN3O/c1-11(2)10-19(8-7-18(3)4)15(20)12-5-6-13(16)14(17)9-12/h5-6,9,11H,7-8,10,17H2,1-4H3. The first kappa shape index (κ1) is 16.4. The van der Waals surface area contributed by atoms with E-state index in [1.54, 1.807) is 4.90 Å². The Balaban J connectivity index is 2.87. The maximum atomic E-state index is 13.2. The second kappa shape index (κ2) is 7.24. The lowest BCUT2D eigenvalue weighted by molar-refractivity contribution is 0.0724. The van der Waals surface area contributed by atoms with Crippen molar-refractivity contribution < 1.29 is 9.18 Å². The van der Waals surface area contributed by atoms with Crippen LogP contribution in [0.1, 0.15) is 24.2 Å². The van der Waals surface area contributed by atoms with Gasteiger partial charge in [-0.2, -0.15) is 0 Å². The Hall–Kier alpha value is -1.62. The van der Waals surface area contributed by atoms with E-state index in [0.717, 1.165) is 6.54 Å². The summed E-state index contributed by atoms with van der Waals surface area (Å²) in [7, 11) is 3.93. The summed E-state index contributed by atoms with van der Waals surface area (Å²) in [6, 6.07) is 4.12. The number of anilines is 1. The molecule has 20 heavy (non-hydrogen) atoms. The highest BCUT2D eigenvalue weighted by molar-refractivity contribution is 5.95. The zero-order valence-corrected chi connectivity index (χ0v) is 12.7. The van der Waals surface area contributed by atoms with E-state index in [1.165, 1.54) is 18.2 Å². The summed E-state index contributed by atoms with van der Waals surface area (Å²) >= 11 is 0. The van der Waals surface area contributed by atoms with Gasteiger partial charge in [-0.3, -0.25) is 4.79 Å². The molecule has 0 saturated carbocycles. The molecule has 0 spiro atoms. The fraction of sp³-hybridized carbons (Fsp3) is 0.533. The number of hydrogen-bond acceptors (Lipinski definition) is 3. The van der Waals surface area contributed by atoms with Crippen molar-refractivity contribution in [2.24, 2.45) is 5.92 Å². The van der Waals surface area contributed by atoms with Crippen LogP contribution in [0.5, 0.6) is 0 Å². The third kappa shape index (κ3) is 4.81. The molecule has 1 amide bonds. The molecule has 4 nitrogen and oxygen atoms in total. The van der Waals surface area contributed by atoms with Gasteiger partial charge in [0.15, 0.2) is 0 Å². The van der Waals surface area contributed by atoms with Crippen molar-refractivity contribution in [2.75, 3.05) is 39.5 Å². The summed E-state index contributed by atoms with van der Waals surface area (Å²) in [5, 5.41) is 0. The summed E-state index contributed by atoms with van der Waals surface area (Å²) in [5.41, 5.74) is 5.97. The maximum absolute atomic E-state index is 13.2. The summed E-state index contributed by atoms with van der Waals surface area (Å²) in [5.74, 6) is -0.226. The molecule has 0 saturated heterocycles. The Bertz CT molecular complexity index is 460. The normalized spacial score (nSPS) is 11.2. The molecule has 0 aliphatic rings. The highest BCUT2D eigenvalue weighted by Crippen LogP contribution is 2.15. The number of likely N-dealkylation sites (N-methyl/N-ethyl adjacent to an activating group) is 1. The molecule has 0 aliphatic carbocycles. The van der Waals surface area contributed by atoms with Crippen LogP contribution in [-0.4, -0.2) is 49.4 Å². The molecule has 5 heteroatoms. The fourth-order valence-electron chi connectivity index (χ4n) is 1.90. The number of nitrogens with two attached hydrogens (primary N) is 1. The van der Waals surface area contributed by atoms with Gasteiger partial charge in [-0.15, -0.1) is 0 Å². The maximum Gasteiger partial charge on any atom is 0.253 e. The molecular formula is C15H24FN3O. The van der Waals surface area contributed by atoms with Gasteiger partial charge in [-0.25, -0.2) is 4.39 Å². The molecule has 0 atom stereocenters. The van der Waals surface area contributed by atoms with E-state index in [0.29, 0.717) is 24.6 Å². The van der Waals surface area contributed by atoms with Gasteiger partial charge < -0.3 is 15.5 Å². The Kier molecular flexibility index (Phi) is 5.95. The van der Waals surface area contributed by atoms with Crippen LogP contribution in [-0.2, 0) is 0 Å². The Morgan fingerprint density at radius 1 is 1.30 bits per heavy atom. The van der Waals surface area contributed by atoms with Crippen LogP contribution in [0, 0.1) is 11.7 Å². The number of rotatable bonds is 6. The van der Waals surface area contributed by atoms with Gasteiger partial charge in [-0.05, 0) is 38.2 Å². The molecule has 0 aliphatic heterocycles. The lowest BCUT2D eigenvalue weighted by Gasteiger charge is -2.26. The highest BCUT2D eigenvalue weighted by Gasteiger charge is 2.17. The van der Waals surface area contributed by atoms with Crippen molar-refractivity contribution in [3.8, 4) is 0 Å². The number of hydrogen-bond donors (Lipinski definition) is 1. The molecule has 0 aromatic heterocycles. The highest BCUT2D eigenvalue weighted by atomic mass is 19.1. The van der Waals surface area contributed by atoms with E-state index in [1.807, 2.05) is 19.0 Å². The van der Waals surface area contributed by atoms with E-state index in [9.17, 15) is 9.18 Å². The number of nitrogens with zero attached hydrogens (tertiary/aromatic N) is 2. The van der Waals surface area contributed by atoms with Gasteiger partial charge in [-0.1, -0.05) is 13.8 Å². The molecule has 1 aromatic carbocycles. The zero-order chi connectivity index (χ0) is 15.3. The SMILES string of the molecule is CC(C)CN(CCN(C)C)C(=O)c1ccc(F)c(N)c1. The van der Waals surface area contributed by atoms with Crippen molar-refractivity contribution in [3.05, 3.63) is 29.6 Å². The average Bonchev–Trinajstić information content (AvgIpc) is 2.36. The quantitative estimate of drug-likeness (QED) is 0.812. The Labute approximate surface area is 120 Å². The lowest BCUT2D eigenvalue weighted by atomic mass is 10.1. The predicted octanol–water partition coefficient (Wildman–Crippen LogP) is 2.07. The van der Waals surface area contributed by atoms with Crippen LogP contribution < -0.4 is 5.73 Å². The number of nitrogen functional groups attached to an aromatic ring is 1. The predicted molar refractivity (Wildman–Crippen MR) is 80.1 cm³/mol. The number of benzene rings is 1. The number of carbonyl (C=O) groups excluding carboxylic acids is 1. The first-order chi connectivity index (χ1) is 9.31. The molecule has 0 unspecified atom stereocenters. The molecule has 0 heterocycles. The molecule has 0 radical (unpaired) electrons. The van der Waals surface area contributed by atoms with Crippen LogP contribution in [0.25, 0.3) is 0 Å². The second-order valence-electron chi connectivity index (χ2n) is 5.68. The van der Waals surface area contributed by atoms with Crippen molar-refractivity contribution >= 4 is 11.6 Å². The van der Waals surface area contributed by atoms with Gasteiger partial charge in [0.2, 0.25) is 0 Å². The van der Waals surface area contributed by atoms with E-state index in [4.69, 9.17) is 5.73 Å². The molecule has 0 fully saturated rings. The minimum atomic E-state index is -0.495. The summed E-state index contributed by atoms with van der Waals surface area (Å²) in [6.07, 6.45) is 0. The largest absolute Gasteiger partial charge is 0.396 e. The van der Waals surface area contributed by atoms with Gasteiger partial charge in [0.25, 0.3) is 5.91 Å². The van der Waals surface area contributed by atoms with Gasteiger partial charge in [0.1, 0.15) is 5.82 Å². The topological polar surface area (TPSA) is 49.6 Å². The number of amides is 1. The van der Waals surface area contributed by atoms with Gasteiger partial charge in [0, 0.05) is 25.2 Å².